The van der Waals surface area contributed by atoms with E-state index in [1.165, 1.54) is 36.1 Å². The van der Waals surface area contributed by atoms with E-state index >= 15 is 0 Å². The number of likely N-dealkylation sites (N-methyl/N-ethyl adjacent to an activating group) is 1. The Morgan fingerprint density at radius 2 is 1.90 bits per heavy atom. The van der Waals surface area contributed by atoms with Crippen LogP contribution in [0.25, 0.3) is 0 Å². The molecule has 1 atom stereocenters. The molecule has 0 spiro atoms. The van der Waals surface area contributed by atoms with E-state index < -0.39 is 0 Å². The lowest BCUT2D eigenvalue weighted by Gasteiger charge is -2.30. The van der Waals surface area contributed by atoms with Crippen LogP contribution in [0, 0.1) is 19.8 Å². The van der Waals surface area contributed by atoms with E-state index in [9.17, 15) is 0 Å². The second-order valence-electron chi connectivity index (χ2n) is 7.05. The van der Waals surface area contributed by atoms with E-state index in [0.29, 0.717) is 6.04 Å². The van der Waals surface area contributed by atoms with Crippen molar-refractivity contribution in [3.8, 4) is 0 Å². The smallest absolute Gasteiger partial charge is 0.0452 e. The van der Waals surface area contributed by atoms with Crippen molar-refractivity contribution in [3.05, 3.63) is 34.9 Å². The molecule has 1 fully saturated rings. The van der Waals surface area contributed by atoms with Crippen LogP contribution in [-0.4, -0.2) is 30.6 Å². The fourth-order valence-corrected chi connectivity index (χ4v) is 3.17. The van der Waals surface area contributed by atoms with Crippen molar-refractivity contribution in [2.45, 2.75) is 59.5 Å². The first-order chi connectivity index (χ1) is 10.0. The van der Waals surface area contributed by atoms with Gasteiger partial charge in [0.15, 0.2) is 0 Å². The highest BCUT2D eigenvalue weighted by Gasteiger charge is 2.31. The maximum absolute atomic E-state index is 3.71. The quantitative estimate of drug-likeness (QED) is 0.775. The van der Waals surface area contributed by atoms with Crippen LogP contribution in [0.15, 0.2) is 18.2 Å². The standard InChI is InChI=1S/C19H32N2/c1-6-20-19(18-11-15(4)7-8-16(18)5)13-21(12-14(2)3)17-9-10-17/h7-8,11,14,17,19-20H,6,9-10,12-13H2,1-5H3. The summed E-state index contributed by atoms with van der Waals surface area (Å²) in [5.41, 5.74) is 4.25. The van der Waals surface area contributed by atoms with Crippen molar-refractivity contribution >= 4 is 0 Å². The van der Waals surface area contributed by atoms with Gasteiger partial charge in [-0.3, -0.25) is 4.90 Å². The molecule has 1 aromatic carbocycles. The number of hydrogen-bond donors (Lipinski definition) is 1. The molecule has 2 nitrogen and oxygen atoms in total. The van der Waals surface area contributed by atoms with Gasteiger partial charge in [-0.2, -0.15) is 0 Å². The van der Waals surface area contributed by atoms with E-state index in [0.717, 1.165) is 25.0 Å². The zero-order valence-electron chi connectivity index (χ0n) is 14.4. The van der Waals surface area contributed by atoms with Gasteiger partial charge in [-0.05, 0) is 50.3 Å². The van der Waals surface area contributed by atoms with Gasteiger partial charge >= 0.3 is 0 Å². The molecule has 2 heteroatoms. The SMILES string of the molecule is CCNC(CN(CC(C)C)C1CC1)c1cc(C)ccc1C. The minimum absolute atomic E-state index is 0.453. The Balaban J connectivity index is 2.15. The molecule has 0 bridgehead atoms. The van der Waals surface area contributed by atoms with E-state index in [2.05, 4.69) is 63.0 Å². The normalized spacial score (nSPS) is 16.7. The molecule has 1 unspecified atom stereocenters. The Morgan fingerprint density at radius 1 is 1.19 bits per heavy atom. The van der Waals surface area contributed by atoms with Crippen molar-refractivity contribution in [2.75, 3.05) is 19.6 Å². The van der Waals surface area contributed by atoms with Crippen LogP contribution in [0.5, 0.6) is 0 Å². The average Bonchev–Trinajstić information content (AvgIpc) is 3.24. The molecule has 0 saturated heterocycles. The third kappa shape index (κ3) is 4.82. The highest BCUT2D eigenvalue weighted by atomic mass is 15.2. The molecule has 0 heterocycles. The molecule has 2 rings (SSSR count). The molecule has 21 heavy (non-hydrogen) atoms. The maximum Gasteiger partial charge on any atom is 0.0452 e. The van der Waals surface area contributed by atoms with Crippen LogP contribution >= 0.6 is 0 Å². The van der Waals surface area contributed by atoms with E-state index in [-0.39, 0.29) is 0 Å². The van der Waals surface area contributed by atoms with Crippen LogP contribution in [0.2, 0.25) is 0 Å². The maximum atomic E-state index is 3.71. The summed E-state index contributed by atoms with van der Waals surface area (Å²) >= 11 is 0. The molecule has 0 radical (unpaired) electrons. The van der Waals surface area contributed by atoms with E-state index in [1.54, 1.807) is 0 Å². The summed E-state index contributed by atoms with van der Waals surface area (Å²) < 4.78 is 0. The van der Waals surface area contributed by atoms with Crippen LogP contribution in [0.3, 0.4) is 0 Å². The van der Waals surface area contributed by atoms with Gasteiger partial charge in [-0.25, -0.2) is 0 Å². The molecule has 0 amide bonds. The molecule has 1 N–H and O–H groups in total. The molecule has 118 valence electrons. The van der Waals surface area contributed by atoms with Crippen molar-refractivity contribution in [1.82, 2.24) is 10.2 Å². The first kappa shape index (κ1) is 16.5. The highest BCUT2D eigenvalue weighted by Crippen LogP contribution is 2.30. The minimum atomic E-state index is 0.453. The summed E-state index contributed by atoms with van der Waals surface area (Å²) in [6.07, 6.45) is 2.77. The third-order valence-corrected chi connectivity index (χ3v) is 4.34. The lowest BCUT2D eigenvalue weighted by Crippen LogP contribution is -2.38. The van der Waals surface area contributed by atoms with Crippen molar-refractivity contribution < 1.29 is 0 Å². The summed E-state index contributed by atoms with van der Waals surface area (Å²) in [7, 11) is 0. The van der Waals surface area contributed by atoms with Gasteiger partial charge in [0, 0.05) is 25.2 Å². The Morgan fingerprint density at radius 3 is 2.48 bits per heavy atom. The predicted molar refractivity (Wildman–Crippen MR) is 91.8 cm³/mol. The predicted octanol–water partition coefficient (Wildman–Crippen LogP) is 4.07. The van der Waals surface area contributed by atoms with Crippen molar-refractivity contribution in [2.24, 2.45) is 5.92 Å². The topological polar surface area (TPSA) is 15.3 Å². The fourth-order valence-electron chi connectivity index (χ4n) is 3.17. The summed E-state index contributed by atoms with van der Waals surface area (Å²) in [4.78, 5) is 2.71. The van der Waals surface area contributed by atoms with Gasteiger partial charge < -0.3 is 5.32 Å². The lowest BCUT2D eigenvalue weighted by atomic mass is 9.98. The molecule has 1 aliphatic rings. The summed E-state index contributed by atoms with van der Waals surface area (Å²) in [5, 5.41) is 3.71. The van der Waals surface area contributed by atoms with Crippen LogP contribution in [-0.2, 0) is 0 Å². The second kappa shape index (κ2) is 7.42. The summed E-state index contributed by atoms with van der Waals surface area (Å²) in [5.74, 6) is 0.742. The largest absolute Gasteiger partial charge is 0.309 e. The Bertz CT molecular complexity index is 449. The lowest BCUT2D eigenvalue weighted by molar-refractivity contribution is 0.209. The second-order valence-corrected chi connectivity index (χ2v) is 7.05. The minimum Gasteiger partial charge on any atom is -0.309 e. The van der Waals surface area contributed by atoms with Gasteiger partial charge in [0.25, 0.3) is 0 Å². The zero-order chi connectivity index (χ0) is 15.4. The Kier molecular flexibility index (Phi) is 5.83. The van der Waals surface area contributed by atoms with E-state index in [1.807, 2.05) is 0 Å². The monoisotopic (exact) mass is 288 g/mol. The first-order valence-electron chi connectivity index (χ1n) is 8.55. The fraction of sp³-hybridized carbons (Fsp3) is 0.684. The van der Waals surface area contributed by atoms with Crippen LogP contribution in [0.4, 0.5) is 0 Å². The molecule has 1 aromatic rings. The number of benzene rings is 1. The molecular weight excluding hydrogens is 256 g/mol. The van der Waals surface area contributed by atoms with Gasteiger partial charge in [-0.15, -0.1) is 0 Å². The Labute approximate surface area is 130 Å². The summed E-state index contributed by atoms with van der Waals surface area (Å²) in [6.45, 7) is 14.7. The molecule has 0 aromatic heterocycles. The molecular formula is C19H32N2. The number of hydrogen-bond acceptors (Lipinski definition) is 2. The van der Waals surface area contributed by atoms with Gasteiger partial charge in [-0.1, -0.05) is 44.5 Å². The average molecular weight is 288 g/mol. The van der Waals surface area contributed by atoms with Gasteiger partial charge in [0.1, 0.15) is 0 Å². The first-order valence-corrected chi connectivity index (χ1v) is 8.55. The van der Waals surface area contributed by atoms with Gasteiger partial charge in [0.05, 0.1) is 0 Å². The van der Waals surface area contributed by atoms with Crippen molar-refractivity contribution in [1.29, 1.82) is 0 Å². The summed E-state index contributed by atoms with van der Waals surface area (Å²) in [6, 6.07) is 8.13. The highest BCUT2D eigenvalue weighted by molar-refractivity contribution is 5.33. The zero-order valence-corrected chi connectivity index (χ0v) is 14.4. The van der Waals surface area contributed by atoms with E-state index in [4.69, 9.17) is 0 Å². The number of aryl methyl sites for hydroxylation is 2. The number of rotatable bonds is 8. The van der Waals surface area contributed by atoms with Crippen LogP contribution in [0.1, 0.15) is 56.3 Å². The Hall–Kier alpha value is -0.860. The molecule has 0 aliphatic heterocycles. The number of nitrogens with one attached hydrogen (secondary N) is 1. The van der Waals surface area contributed by atoms with Crippen LogP contribution < -0.4 is 5.32 Å². The number of nitrogens with zero attached hydrogens (tertiary/aromatic N) is 1. The third-order valence-electron chi connectivity index (χ3n) is 4.34. The van der Waals surface area contributed by atoms with Crippen molar-refractivity contribution in [3.63, 3.8) is 0 Å². The molecule has 1 aliphatic carbocycles. The van der Waals surface area contributed by atoms with Gasteiger partial charge in [0.2, 0.25) is 0 Å². The molecule has 1 saturated carbocycles.